The number of hydrogen-bond acceptors (Lipinski definition) is 4. The predicted molar refractivity (Wildman–Crippen MR) is 85.6 cm³/mol. The van der Waals surface area contributed by atoms with Crippen LogP contribution in [0, 0.1) is 23.7 Å². The first-order valence-electron chi connectivity index (χ1n) is 7.34. The summed E-state index contributed by atoms with van der Waals surface area (Å²) in [5.41, 5.74) is 1.49. The number of terminal acetylenes is 1. The van der Waals surface area contributed by atoms with Gasteiger partial charge >= 0.3 is 0 Å². The minimum atomic E-state index is -0.391. The van der Waals surface area contributed by atoms with Crippen LogP contribution in [0.2, 0.25) is 0 Å². The van der Waals surface area contributed by atoms with Gasteiger partial charge in [0.2, 0.25) is 0 Å². The van der Waals surface area contributed by atoms with Crippen molar-refractivity contribution in [1.82, 2.24) is 10.3 Å². The Hall–Kier alpha value is -3.12. The summed E-state index contributed by atoms with van der Waals surface area (Å²) in [5.74, 6) is 2.40. The van der Waals surface area contributed by atoms with Crippen molar-refractivity contribution in [2.24, 2.45) is 10.2 Å². The van der Waals surface area contributed by atoms with Crippen LogP contribution in [0.15, 0.2) is 34.6 Å². The summed E-state index contributed by atoms with van der Waals surface area (Å²) in [6.45, 7) is 0.479. The number of benzene rings is 1. The molecule has 0 aliphatic carbocycles. The molecule has 1 aromatic heterocycles. The molecule has 0 fully saturated rings. The lowest BCUT2D eigenvalue weighted by Crippen LogP contribution is -2.28. The molecule has 1 aliphatic heterocycles. The van der Waals surface area contributed by atoms with Gasteiger partial charge in [-0.05, 0) is 18.2 Å². The second-order valence-electron chi connectivity index (χ2n) is 5.47. The minimum Gasteiger partial charge on any atom is -0.360 e. The van der Waals surface area contributed by atoms with Crippen molar-refractivity contribution in [3.8, 4) is 18.4 Å². The number of carbonyl (C=O) groups excluding carboxylic acids is 1. The Kier molecular flexibility index (Phi) is 3.82. The van der Waals surface area contributed by atoms with Crippen LogP contribution in [-0.4, -0.2) is 23.1 Å². The van der Waals surface area contributed by atoms with Gasteiger partial charge in [-0.15, -0.1) is 12.3 Å². The van der Waals surface area contributed by atoms with Crippen LogP contribution < -0.4 is 5.32 Å². The van der Waals surface area contributed by atoms with E-state index in [1.165, 1.54) is 0 Å². The number of nitrogens with zero attached hydrogens (tertiary/aromatic N) is 3. The number of nitriles is 1. The Morgan fingerprint density at radius 3 is 2.91 bits per heavy atom. The molecular formula is C17H15N5O. The van der Waals surface area contributed by atoms with E-state index in [-0.39, 0.29) is 5.91 Å². The summed E-state index contributed by atoms with van der Waals surface area (Å²) in [5, 5.41) is 20.7. The number of amides is 1. The van der Waals surface area contributed by atoms with Crippen molar-refractivity contribution in [2.75, 3.05) is 6.54 Å². The van der Waals surface area contributed by atoms with E-state index in [0.717, 1.165) is 17.3 Å². The SMILES string of the molecule is C#CCCC1(CCNC(=O)c2ccc3[nH]cc(C#N)c3c2)N=N1. The van der Waals surface area contributed by atoms with Gasteiger partial charge in [-0.3, -0.25) is 4.79 Å². The molecule has 2 aromatic rings. The largest absolute Gasteiger partial charge is 0.360 e. The van der Waals surface area contributed by atoms with E-state index < -0.39 is 5.66 Å². The van der Waals surface area contributed by atoms with Gasteiger partial charge in [0.05, 0.1) is 5.56 Å². The maximum absolute atomic E-state index is 12.2. The van der Waals surface area contributed by atoms with E-state index in [2.05, 4.69) is 32.5 Å². The Morgan fingerprint density at radius 1 is 1.39 bits per heavy atom. The Morgan fingerprint density at radius 2 is 2.22 bits per heavy atom. The molecule has 0 radical (unpaired) electrons. The van der Waals surface area contributed by atoms with Crippen LogP contribution >= 0.6 is 0 Å². The third-order valence-electron chi connectivity index (χ3n) is 3.93. The van der Waals surface area contributed by atoms with E-state index in [1.807, 2.05) is 0 Å². The molecule has 114 valence electrons. The maximum Gasteiger partial charge on any atom is 0.251 e. The summed E-state index contributed by atoms with van der Waals surface area (Å²) >= 11 is 0. The van der Waals surface area contributed by atoms with E-state index in [1.54, 1.807) is 24.4 Å². The average molecular weight is 305 g/mol. The Balaban J connectivity index is 1.61. The van der Waals surface area contributed by atoms with Crippen LogP contribution in [0.25, 0.3) is 10.9 Å². The van der Waals surface area contributed by atoms with Crippen LogP contribution in [0.1, 0.15) is 35.2 Å². The number of carbonyl (C=O) groups is 1. The number of H-pyrrole nitrogens is 1. The topological polar surface area (TPSA) is 93.4 Å². The van der Waals surface area contributed by atoms with Crippen molar-refractivity contribution >= 4 is 16.8 Å². The zero-order valence-electron chi connectivity index (χ0n) is 12.5. The predicted octanol–water partition coefficient (Wildman–Crippen LogP) is 2.73. The lowest BCUT2D eigenvalue weighted by molar-refractivity contribution is 0.0952. The summed E-state index contributed by atoms with van der Waals surface area (Å²) in [6.07, 6.45) is 8.88. The van der Waals surface area contributed by atoms with E-state index in [9.17, 15) is 4.79 Å². The van der Waals surface area contributed by atoms with Gasteiger partial charge in [0, 0.05) is 48.5 Å². The van der Waals surface area contributed by atoms with Gasteiger partial charge in [-0.1, -0.05) is 0 Å². The standard InChI is InChI=1S/C17H15N5O/c1-2-3-6-17(21-22-17)7-8-19-16(23)12-4-5-15-14(9-12)13(10-18)11-20-15/h1,4-5,9,11,20H,3,6-8H2,(H,19,23). The Labute approximate surface area is 133 Å². The summed E-state index contributed by atoms with van der Waals surface area (Å²) < 4.78 is 0. The number of aromatic amines is 1. The molecule has 6 heteroatoms. The van der Waals surface area contributed by atoms with E-state index in [4.69, 9.17) is 11.7 Å². The summed E-state index contributed by atoms with van der Waals surface area (Å²) in [6, 6.07) is 7.35. The van der Waals surface area contributed by atoms with Gasteiger partial charge in [-0.2, -0.15) is 15.5 Å². The molecule has 0 atom stereocenters. The van der Waals surface area contributed by atoms with Crippen molar-refractivity contribution in [3.05, 3.63) is 35.5 Å². The van der Waals surface area contributed by atoms with Crippen molar-refractivity contribution in [1.29, 1.82) is 5.26 Å². The first-order chi connectivity index (χ1) is 11.2. The number of nitrogens with one attached hydrogen (secondary N) is 2. The van der Waals surface area contributed by atoms with Gasteiger partial charge in [0.25, 0.3) is 5.91 Å². The second-order valence-corrected chi connectivity index (χ2v) is 5.47. The van der Waals surface area contributed by atoms with Gasteiger partial charge < -0.3 is 10.3 Å². The van der Waals surface area contributed by atoms with Crippen molar-refractivity contribution in [2.45, 2.75) is 24.9 Å². The molecule has 0 saturated carbocycles. The van der Waals surface area contributed by atoms with Crippen LogP contribution in [0.5, 0.6) is 0 Å². The highest BCUT2D eigenvalue weighted by Crippen LogP contribution is 2.36. The molecule has 1 aromatic carbocycles. The highest BCUT2D eigenvalue weighted by molar-refractivity contribution is 5.99. The van der Waals surface area contributed by atoms with E-state index >= 15 is 0 Å². The highest BCUT2D eigenvalue weighted by atomic mass is 16.1. The molecule has 3 rings (SSSR count). The summed E-state index contributed by atoms with van der Waals surface area (Å²) in [7, 11) is 0. The fraction of sp³-hybridized carbons (Fsp3) is 0.294. The van der Waals surface area contributed by atoms with Crippen LogP contribution in [0.3, 0.4) is 0 Å². The Bertz CT molecular complexity index is 859. The van der Waals surface area contributed by atoms with Crippen molar-refractivity contribution < 1.29 is 4.79 Å². The molecule has 2 N–H and O–H groups in total. The molecule has 0 spiro atoms. The van der Waals surface area contributed by atoms with Crippen LogP contribution in [0.4, 0.5) is 0 Å². The second kappa shape index (κ2) is 5.94. The zero-order valence-corrected chi connectivity index (χ0v) is 12.5. The van der Waals surface area contributed by atoms with Gasteiger partial charge in [-0.25, -0.2) is 0 Å². The molecule has 1 amide bonds. The monoisotopic (exact) mass is 305 g/mol. The van der Waals surface area contributed by atoms with Gasteiger partial charge in [0.1, 0.15) is 6.07 Å². The zero-order chi connectivity index (χ0) is 16.3. The molecule has 1 aliphatic rings. The number of hydrogen-bond donors (Lipinski definition) is 2. The minimum absolute atomic E-state index is 0.176. The smallest absolute Gasteiger partial charge is 0.251 e. The lowest BCUT2D eigenvalue weighted by Gasteiger charge is -2.10. The lowest BCUT2D eigenvalue weighted by atomic mass is 10.0. The maximum atomic E-state index is 12.2. The molecule has 23 heavy (non-hydrogen) atoms. The van der Waals surface area contributed by atoms with Gasteiger partial charge in [0.15, 0.2) is 5.66 Å². The van der Waals surface area contributed by atoms with E-state index in [0.29, 0.717) is 30.5 Å². The molecule has 0 saturated heterocycles. The molecule has 0 bridgehead atoms. The highest BCUT2D eigenvalue weighted by Gasteiger charge is 2.38. The fourth-order valence-electron chi connectivity index (χ4n) is 2.50. The molecule has 6 nitrogen and oxygen atoms in total. The fourth-order valence-corrected chi connectivity index (χ4v) is 2.50. The molecule has 0 unspecified atom stereocenters. The number of aromatic nitrogens is 1. The average Bonchev–Trinajstić information content (AvgIpc) is 3.22. The normalized spacial score (nSPS) is 14.2. The third-order valence-corrected chi connectivity index (χ3v) is 3.93. The number of fused-ring (bicyclic) bond motifs is 1. The summed E-state index contributed by atoms with van der Waals surface area (Å²) in [4.78, 5) is 15.2. The quantitative estimate of drug-likeness (QED) is 0.803. The van der Waals surface area contributed by atoms with Crippen LogP contribution in [-0.2, 0) is 0 Å². The molecule has 2 heterocycles. The third kappa shape index (κ3) is 3.07. The molecular weight excluding hydrogens is 290 g/mol. The van der Waals surface area contributed by atoms with Crippen molar-refractivity contribution in [3.63, 3.8) is 0 Å². The number of rotatable bonds is 6. The first kappa shape index (κ1) is 14.8. The first-order valence-corrected chi connectivity index (χ1v) is 7.34.